The van der Waals surface area contributed by atoms with Crippen molar-refractivity contribution in [3.05, 3.63) is 24.3 Å². The topological polar surface area (TPSA) is 79.0 Å². The molecule has 0 atom stereocenters. The molecule has 0 aliphatic carbocycles. The molecule has 0 radical (unpaired) electrons. The average Bonchev–Trinajstić information content (AvgIpc) is 2.91. The number of nitrogens with zero attached hydrogens (tertiary/aromatic N) is 2. The standard InChI is InChI=1S/C19H31N3O4S/c1-26-18-11-6-5-10-17(18)22(27(2,24)25)16-19(23)20-12-9-15-21-13-7-3-4-8-14-21/h5-6,10-11H,3-4,7-9,12-16H2,1-2H3,(H,20,23). The Hall–Kier alpha value is -1.80. The van der Waals surface area contributed by atoms with Crippen LogP contribution in [0.1, 0.15) is 32.1 Å². The van der Waals surface area contributed by atoms with Gasteiger partial charge in [-0.05, 0) is 51.0 Å². The molecule has 0 saturated carbocycles. The molecule has 8 heteroatoms. The van der Waals surface area contributed by atoms with E-state index in [1.54, 1.807) is 24.3 Å². The van der Waals surface area contributed by atoms with Gasteiger partial charge in [-0.1, -0.05) is 25.0 Å². The number of hydrogen-bond donors (Lipinski definition) is 1. The number of carbonyl (C=O) groups is 1. The Morgan fingerprint density at radius 2 is 1.85 bits per heavy atom. The molecule has 1 amide bonds. The summed E-state index contributed by atoms with van der Waals surface area (Å²) < 4.78 is 30.7. The number of amides is 1. The quantitative estimate of drug-likeness (QED) is 0.644. The van der Waals surface area contributed by atoms with Gasteiger partial charge in [0.05, 0.1) is 19.1 Å². The molecule has 152 valence electrons. The molecule has 0 aromatic heterocycles. The summed E-state index contributed by atoms with van der Waals surface area (Å²) in [5, 5.41) is 2.84. The fourth-order valence-corrected chi connectivity index (χ4v) is 4.15. The largest absolute Gasteiger partial charge is 0.495 e. The highest BCUT2D eigenvalue weighted by Gasteiger charge is 2.23. The van der Waals surface area contributed by atoms with Crippen LogP contribution in [0.4, 0.5) is 5.69 Å². The van der Waals surface area contributed by atoms with Crippen molar-refractivity contribution in [2.24, 2.45) is 0 Å². The number of nitrogens with one attached hydrogen (secondary N) is 1. The third-order valence-corrected chi connectivity index (χ3v) is 5.84. The van der Waals surface area contributed by atoms with Crippen LogP contribution in [0.5, 0.6) is 5.75 Å². The van der Waals surface area contributed by atoms with Crippen molar-refractivity contribution in [2.75, 3.05) is 50.4 Å². The van der Waals surface area contributed by atoms with E-state index in [1.165, 1.54) is 32.8 Å². The van der Waals surface area contributed by atoms with Crippen LogP contribution < -0.4 is 14.4 Å². The molecule has 1 heterocycles. The van der Waals surface area contributed by atoms with Crippen molar-refractivity contribution in [1.29, 1.82) is 0 Å². The fourth-order valence-electron chi connectivity index (χ4n) is 3.29. The van der Waals surface area contributed by atoms with Gasteiger partial charge in [0.1, 0.15) is 12.3 Å². The second-order valence-electron chi connectivity index (χ2n) is 6.90. The van der Waals surface area contributed by atoms with E-state index in [-0.39, 0.29) is 12.5 Å². The van der Waals surface area contributed by atoms with Crippen molar-refractivity contribution in [3.63, 3.8) is 0 Å². The normalized spacial score (nSPS) is 15.8. The number of hydrogen-bond acceptors (Lipinski definition) is 5. The Labute approximate surface area is 162 Å². The lowest BCUT2D eigenvalue weighted by molar-refractivity contribution is -0.119. The van der Waals surface area contributed by atoms with Crippen LogP contribution in [-0.2, 0) is 14.8 Å². The van der Waals surface area contributed by atoms with E-state index in [0.717, 1.165) is 36.6 Å². The molecule has 1 N–H and O–H groups in total. The molecule has 1 aliphatic rings. The molecule has 27 heavy (non-hydrogen) atoms. The van der Waals surface area contributed by atoms with Gasteiger partial charge in [-0.2, -0.15) is 0 Å². The third kappa shape index (κ3) is 7.03. The van der Waals surface area contributed by atoms with E-state index >= 15 is 0 Å². The lowest BCUT2D eigenvalue weighted by Gasteiger charge is -2.24. The molecular formula is C19H31N3O4S. The molecule has 0 bridgehead atoms. The maximum atomic E-state index is 12.3. The summed E-state index contributed by atoms with van der Waals surface area (Å²) in [6.45, 7) is 3.50. The van der Waals surface area contributed by atoms with Gasteiger partial charge in [-0.3, -0.25) is 9.10 Å². The molecule has 0 spiro atoms. The van der Waals surface area contributed by atoms with Crippen LogP contribution in [-0.4, -0.2) is 65.3 Å². The number of methoxy groups -OCH3 is 1. The maximum Gasteiger partial charge on any atom is 0.240 e. The smallest absolute Gasteiger partial charge is 0.240 e. The van der Waals surface area contributed by atoms with E-state index < -0.39 is 10.0 Å². The van der Waals surface area contributed by atoms with Gasteiger partial charge in [-0.15, -0.1) is 0 Å². The Bertz CT molecular complexity index is 701. The SMILES string of the molecule is COc1ccccc1N(CC(=O)NCCCN1CCCCCC1)S(C)(=O)=O. The average molecular weight is 398 g/mol. The van der Waals surface area contributed by atoms with Crippen LogP contribution in [0.2, 0.25) is 0 Å². The van der Waals surface area contributed by atoms with E-state index in [1.807, 2.05) is 0 Å². The number of benzene rings is 1. The molecule has 2 rings (SSSR count). The first-order valence-electron chi connectivity index (χ1n) is 9.51. The van der Waals surface area contributed by atoms with Crippen molar-refractivity contribution >= 4 is 21.6 Å². The molecule has 1 aromatic rings. The highest BCUT2D eigenvalue weighted by molar-refractivity contribution is 7.92. The second-order valence-corrected chi connectivity index (χ2v) is 8.81. The molecule has 1 saturated heterocycles. The molecule has 1 aromatic carbocycles. The molecule has 1 fully saturated rings. The number of anilines is 1. The molecule has 1 aliphatic heterocycles. The first kappa shape index (κ1) is 21.5. The minimum absolute atomic E-state index is 0.261. The van der Waals surface area contributed by atoms with Crippen LogP contribution in [0.25, 0.3) is 0 Å². The lowest BCUT2D eigenvalue weighted by Crippen LogP contribution is -2.41. The van der Waals surface area contributed by atoms with E-state index in [2.05, 4.69) is 10.2 Å². The first-order chi connectivity index (χ1) is 12.9. The van der Waals surface area contributed by atoms with E-state index in [4.69, 9.17) is 4.74 Å². The summed E-state index contributed by atoms with van der Waals surface area (Å²) in [4.78, 5) is 14.7. The second kappa shape index (κ2) is 10.5. The zero-order chi connectivity index (χ0) is 19.7. The monoisotopic (exact) mass is 397 g/mol. The van der Waals surface area contributed by atoms with Crippen molar-refractivity contribution in [2.45, 2.75) is 32.1 Å². The van der Waals surface area contributed by atoms with Gasteiger partial charge in [-0.25, -0.2) is 8.42 Å². The van der Waals surface area contributed by atoms with Crippen molar-refractivity contribution < 1.29 is 17.9 Å². The molecule has 0 unspecified atom stereocenters. The van der Waals surface area contributed by atoms with Crippen LogP contribution in [0.15, 0.2) is 24.3 Å². The van der Waals surface area contributed by atoms with E-state index in [9.17, 15) is 13.2 Å². The number of para-hydroxylation sites is 2. The Balaban J connectivity index is 1.87. The summed E-state index contributed by atoms with van der Waals surface area (Å²) in [6.07, 6.45) is 7.05. The minimum Gasteiger partial charge on any atom is -0.495 e. The highest BCUT2D eigenvalue weighted by Crippen LogP contribution is 2.29. The summed E-state index contributed by atoms with van der Waals surface area (Å²) in [5.41, 5.74) is 0.363. The Kier molecular flexibility index (Phi) is 8.37. The third-order valence-electron chi connectivity index (χ3n) is 4.71. The lowest BCUT2D eigenvalue weighted by atomic mass is 10.2. The number of sulfonamides is 1. The Morgan fingerprint density at radius 3 is 2.48 bits per heavy atom. The number of carbonyl (C=O) groups excluding carboxylic acids is 1. The summed E-state index contributed by atoms with van der Waals surface area (Å²) >= 11 is 0. The van der Waals surface area contributed by atoms with Crippen LogP contribution in [0, 0.1) is 0 Å². The van der Waals surface area contributed by atoms with Crippen LogP contribution in [0.3, 0.4) is 0 Å². The predicted molar refractivity (Wildman–Crippen MR) is 108 cm³/mol. The number of rotatable bonds is 9. The number of likely N-dealkylation sites (tertiary alicyclic amines) is 1. The van der Waals surface area contributed by atoms with Crippen molar-refractivity contribution in [3.8, 4) is 5.75 Å². The van der Waals surface area contributed by atoms with Crippen LogP contribution >= 0.6 is 0 Å². The van der Waals surface area contributed by atoms with Gasteiger partial charge in [0.2, 0.25) is 15.9 Å². The zero-order valence-corrected chi connectivity index (χ0v) is 17.1. The van der Waals surface area contributed by atoms with Gasteiger partial charge in [0.15, 0.2) is 0 Å². The summed E-state index contributed by atoms with van der Waals surface area (Å²) in [7, 11) is -2.14. The van der Waals surface area contributed by atoms with Gasteiger partial charge >= 0.3 is 0 Å². The van der Waals surface area contributed by atoms with Gasteiger partial charge in [0, 0.05) is 6.54 Å². The Morgan fingerprint density at radius 1 is 1.19 bits per heavy atom. The fraction of sp³-hybridized carbons (Fsp3) is 0.632. The molecular weight excluding hydrogens is 366 g/mol. The first-order valence-corrected chi connectivity index (χ1v) is 11.4. The maximum absolute atomic E-state index is 12.3. The summed E-state index contributed by atoms with van der Waals surface area (Å²) in [5.74, 6) is 0.0964. The highest BCUT2D eigenvalue weighted by atomic mass is 32.2. The minimum atomic E-state index is -3.61. The van der Waals surface area contributed by atoms with Gasteiger partial charge in [0.25, 0.3) is 0 Å². The van der Waals surface area contributed by atoms with E-state index in [0.29, 0.717) is 18.0 Å². The predicted octanol–water partition coefficient (Wildman–Crippen LogP) is 1.84. The number of ether oxygens (including phenoxy) is 1. The van der Waals surface area contributed by atoms with Crippen molar-refractivity contribution in [1.82, 2.24) is 10.2 Å². The molecule has 7 nitrogen and oxygen atoms in total. The van der Waals surface area contributed by atoms with Gasteiger partial charge < -0.3 is 15.0 Å². The summed E-state index contributed by atoms with van der Waals surface area (Å²) in [6, 6.07) is 6.78. The zero-order valence-electron chi connectivity index (χ0n) is 16.3.